The normalized spacial score (nSPS) is 22.3. The Bertz CT molecular complexity index is 855. The third-order valence-corrected chi connectivity index (χ3v) is 5.76. The lowest BCUT2D eigenvalue weighted by Crippen LogP contribution is -2.49. The number of hydrogen-bond donors (Lipinski definition) is 0. The van der Waals surface area contributed by atoms with Crippen LogP contribution in [0.15, 0.2) is 18.7 Å². The van der Waals surface area contributed by atoms with Crippen molar-refractivity contribution in [2.45, 2.75) is 45.1 Å². The van der Waals surface area contributed by atoms with E-state index in [0.29, 0.717) is 23.3 Å². The molecule has 2 aromatic rings. The van der Waals surface area contributed by atoms with Crippen molar-refractivity contribution < 1.29 is 9.13 Å². The van der Waals surface area contributed by atoms with Gasteiger partial charge in [0.15, 0.2) is 17.5 Å². The van der Waals surface area contributed by atoms with Crippen molar-refractivity contribution in [3.63, 3.8) is 0 Å². The van der Waals surface area contributed by atoms with Gasteiger partial charge in [0, 0.05) is 37.4 Å². The highest BCUT2D eigenvalue weighted by atomic mass is 19.1. The Labute approximate surface area is 165 Å². The Balaban J connectivity index is 1.63. The molecule has 2 atom stereocenters. The van der Waals surface area contributed by atoms with E-state index in [1.54, 1.807) is 19.5 Å². The van der Waals surface area contributed by atoms with E-state index in [9.17, 15) is 0 Å². The molecule has 0 amide bonds. The van der Waals surface area contributed by atoms with E-state index in [-0.39, 0.29) is 17.3 Å². The molecule has 2 aliphatic rings. The zero-order valence-electron chi connectivity index (χ0n) is 16.9. The molecule has 0 radical (unpaired) electrons. The van der Waals surface area contributed by atoms with Crippen LogP contribution in [0.25, 0.3) is 0 Å². The summed E-state index contributed by atoms with van der Waals surface area (Å²) in [7, 11) is 1.60. The van der Waals surface area contributed by atoms with Gasteiger partial charge in [0.2, 0.25) is 0 Å². The summed E-state index contributed by atoms with van der Waals surface area (Å²) in [5.74, 6) is 1.90. The van der Waals surface area contributed by atoms with E-state index in [0.717, 1.165) is 38.3 Å². The number of aromatic nitrogens is 4. The van der Waals surface area contributed by atoms with Gasteiger partial charge < -0.3 is 14.5 Å². The van der Waals surface area contributed by atoms with Gasteiger partial charge in [-0.2, -0.15) is 0 Å². The average molecular weight is 386 g/mol. The predicted molar refractivity (Wildman–Crippen MR) is 105 cm³/mol. The molecule has 28 heavy (non-hydrogen) atoms. The van der Waals surface area contributed by atoms with Crippen molar-refractivity contribution in [1.29, 1.82) is 0 Å². The number of piperidine rings is 1. The lowest BCUT2D eigenvalue weighted by molar-refractivity contribution is 0.370. The van der Waals surface area contributed by atoms with Crippen LogP contribution in [-0.2, 0) is 5.41 Å². The Morgan fingerprint density at radius 3 is 2.54 bits per heavy atom. The number of ether oxygens (including phenoxy) is 1. The van der Waals surface area contributed by atoms with Gasteiger partial charge in [-0.25, -0.2) is 24.3 Å². The lowest BCUT2D eigenvalue weighted by atomic mass is 9.91. The molecule has 4 rings (SSSR count). The van der Waals surface area contributed by atoms with E-state index >= 15 is 4.39 Å². The minimum absolute atomic E-state index is 0.178. The molecule has 150 valence electrons. The van der Waals surface area contributed by atoms with Crippen LogP contribution in [0.3, 0.4) is 0 Å². The number of fused-ring (bicyclic) bond motifs is 1. The summed E-state index contributed by atoms with van der Waals surface area (Å²) in [6.45, 7) is 8.35. The summed E-state index contributed by atoms with van der Waals surface area (Å²) in [6.07, 6.45) is 6.86. The summed E-state index contributed by atoms with van der Waals surface area (Å²) < 4.78 is 20.7. The minimum atomic E-state index is -0.369. The molecular weight excluding hydrogens is 359 g/mol. The highest BCUT2D eigenvalue weighted by Crippen LogP contribution is 2.38. The molecule has 2 saturated heterocycles. The molecule has 0 aromatic carbocycles. The second-order valence-corrected chi connectivity index (χ2v) is 8.54. The van der Waals surface area contributed by atoms with Crippen LogP contribution in [-0.4, -0.2) is 52.7 Å². The Hall–Kier alpha value is -2.51. The van der Waals surface area contributed by atoms with Crippen molar-refractivity contribution in [2.75, 3.05) is 36.5 Å². The number of nitrogens with zero attached hydrogens (tertiary/aromatic N) is 6. The van der Waals surface area contributed by atoms with Gasteiger partial charge in [0.05, 0.1) is 18.8 Å². The van der Waals surface area contributed by atoms with Gasteiger partial charge >= 0.3 is 0 Å². The van der Waals surface area contributed by atoms with Crippen LogP contribution in [0, 0.1) is 11.7 Å². The smallest absolute Gasteiger partial charge is 0.257 e. The first kappa shape index (κ1) is 18.8. The van der Waals surface area contributed by atoms with E-state index in [1.165, 1.54) is 6.33 Å². The molecule has 2 aromatic heterocycles. The largest absolute Gasteiger partial charge is 0.478 e. The maximum atomic E-state index is 15.3. The number of anilines is 2. The molecule has 0 aliphatic carbocycles. The van der Waals surface area contributed by atoms with Crippen LogP contribution in [0.2, 0.25) is 0 Å². The molecule has 0 bridgehead atoms. The summed E-state index contributed by atoms with van der Waals surface area (Å²) in [4.78, 5) is 21.6. The fourth-order valence-corrected chi connectivity index (χ4v) is 4.36. The lowest BCUT2D eigenvalue weighted by Gasteiger charge is -2.39. The zero-order chi connectivity index (χ0) is 19.9. The fourth-order valence-electron chi connectivity index (χ4n) is 4.36. The highest BCUT2D eigenvalue weighted by molar-refractivity contribution is 5.51. The SMILES string of the molecule is COc1nccnc1N1CCC2CCN(c3ncnc(C(C)(C)C)c3F)C2C1. The number of hydrogen-bond acceptors (Lipinski definition) is 7. The van der Waals surface area contributed by atoms with Gasteiger partial charge in [-0.1, -0.05) is 20.8 Å². The Morgan fingerprint density at radius 2 is 1.79 bits per heavy atom. The molecular formula is C20H27FN6O. The standard InChI is InChI=1S/C20H27FN6O/c1-20(2,3)16-15(21)17(25-12-24-16)27-10-6-13-5-9-26(11-14(13)27)18-19(28-4)23-8-7-22-18/h7-8,12-14H,5-6,9-11H2,1-4H3. The quantitative estimate of drug-likeness (QED) is 0.803. The van der Waals surface area contributed by atoms with Gasteiger partial charge in [0.25, 0.3) is 5.88 Å². The summed E-state index contributed by atoms with van der Waals surface area (Å²) in [5, 5.41) is 0. The molecule has 7 nitrogen and oxygen atoms in total. The van der Waals surface area contributed by atoms with Gasteiger partial charge in [-0.15, -0.1) is 0 Å². The second kappa shape index (κ2) is 7.14. The average Bonchev–Trinajstić information content (AvgIpc) is 3.10. The Kier molecular flexibility index (Phi) is 4.81. The van der Waals surface area contributed by atoms with Crippen molar-refractivity contribution in [1.82, 2.24) is 19.9 Å². The van der Waals surface area contributed by atoms with Crippen LogP contribution >= 0.6 is 0 Å². The Morgan fingerprint density at radius 1 is 1.04 bits per heavy atom. The number of halogens is 1. The second-order valence-electron chi connectivity index (χ2n) is 8.54. The van der Waals surface area contributed by atoms with Gasteiger partial charge in [0.1, 0.15) is 6.33 Å². The highest BCUT2D eigenvalue weighted by Gasteiger charge is 2.41. The molecule has 4 heterocycles. The summed E-state index contributed by atoms with van der Waals surface area (Å²) in [5.41, 5.74) is 0.0937. The third-order valence-electron chi connectivity index (χ3n) is 5.76. The van der Waals surface area contributed by atoms with Crippen LogP contribution in [0.4, 0.5) is 16.0 Å². The van der Waals surface area contributed by atoms with Crippen LogP contribution in [0.1, 0.15) is 39.3 Å². The minimum Gasteiger partial charge on any atom is -0.478 e. The summed E-state index contributed by atoms with van der Waals surface area (Å²) >= 11 is 0. The number of methoxy groups -OCH3 is 1. The maximum Gasteiger partial charge on any atom is 0.257 e. The maximum absolute atomic E-state index is 15.3. The van der Waals surface area contributed by atoms with E-state index in [1.807, 2.05) is 20.8 Å². The third kappa shape index (κ3) is 3.25. The monoisotopic (exact) mass is 386 g/mol. The zero-order valence-corrected chi connectivity index (χ0v) is 16.9. The van der Waals surface area contributed by atoms with E-state index < -0.39 is 0 Å². The summed E-state index contributed by atoms with van der Waals surface area (Å²) in [6, 6.07) is 0.178. The van der Waals surface area contributed by atoms with Crippen LogP contribution in [0.5, 0.6) is 5.88 Å². The molecule has 2 aliphatic heterocycles. The molecule has 0 N–H and O–H groups in total. The van der Waals surface area contributed by atoms with Crippen molar-refractivity contribution in [2.24, 2.45) is 5.92 Å². The predicted octanol–water partition coefficient (Wildman–Crippen LogP) is 2.82. The van der Waals surface area contributed by atoms with Gasteiger partial charge in [-0.05, 0) is 18.8 Å². The van der Waals surface area contributed by atoms with E-state index in [4.69, 9.17) is 4.74 Å². The van der Waals surface area contributed by atoms with Crippen molar-refractivity contribution >= 4 is 11.6 Å². The first-order valence-corrected chi connectivity index (χ1v) is 9.77. The first-order chi connectivity index (χ1) is 13.4. The van der Waals surface area contributed by atoms with Crippen LogP contribution < -0.4 is 14.5 Å². The first-order valence-electron chi connectivity index (χ1n) is 9.77. The topological polar surface area (TPSA) is 67.3 Å². The van der Waals surface area contributed by atoms with Gasteiger partial charge in [-0.3, -0.25) is 0 Å². The molecule has 0 spiro atoms. The van der Waals surface area contributed by atoms with E-state index in [2.05, 4.69) is 29.7 Å². The molecule has 8 heteroatoms. The molecule has 2 fully saturated rings. The van der Waals surface area contributed by atoms with Crippen molar-refractivity contribution in [3.05, 3.63) is 30.2 Å². The number of rotatable bonds is 3. The fraction of sp³-hybridized carbons (Fsp3) is 0.600. The molecule has 0 saturated carbocycles. The molecule has 2 unspecified atom stereocenters. The van der Waals surface area contributed by atoms with Crippen molar-refractivity contribution in [3.8, 4) is 5.88 Å².